The van der Waals surface area contributed by atoms with Gasteiger partial charge in [0.2, 0.25) is 0 Å². The minimum absolute atomic E-state index is 0.232. The number of aromatic nitrogens is 2. The summed E-state index contributed by atoms with van der Waals surface area (Å²) < 4.78 is 13.9. The van der Waals surface area contributed by atoms with Crippen molar-refractivity contribution in [1.82, 2.24) is 9.97 Å². The zero-order chi connectivity index (χ0) is 14.4. The van der Waals surface area contributed by atoms with E-state index in [9.17, 15) is 4.39 Å². The minimum Gasteiger partial charge on any atom is -0.384 e. The van der Waals surface area contributed by atoms with Crippen LogP contribution in [0.25, 0.3) is 0 Å². The van der Waals surface area contributed by atoms with Crippen molar-refractivity contribution in [2.75, 3.05) is 6.61 Å². The van der Waals surface area contributed by atoms with E-state index >= 15 is 0 Å². The lowest BCUT2D eigenvalue weighted by Crippen LogP contribution is -1.92. The fraction of sp³-hybridized carbons (Fsp3) is 0.200. The van der Waals surface area contributed by atoms with Gasteiger partial charge in [0.25, 0.3) is 0 Å². The van der Waals surface area contributed by atoms with Crippen LogP contribution in [0.1, 0.15) is 16.7 Å². The fourth-order valence-corrected chi connectivity index (χ4v) is 2.25. The second kappa shape index (κ2) is 7.04. The summed E-state index contributed by atoms with van der Waals surface area (Å²) in [6.07, 6.45) is 3.47. The zero-order valence-corrected chi connectivity index (χ0v) is 11.7. The van der Waals surface area contributed by atoms with Crippen LogP contribution >= 0.6 is 11.8 Å². The molecule has 1 aromatic carbocycles. The summed E-state index contributed by atoms with van der Waals surface area (Å²) >= 11 is 1.38. The van der Waals surface area contributed by atoms with Crippen molar-refractivity contribution >= 4 is 11.8 Å². The van der Waals surface area contributed by atoms with Crippen molar-refractivity contribution in [2.24, 2.45) is 0 Å². The molecule has 0 saturated carbocycles. The molecule has 0 amide bonds. The Morgan fingerprint density at radius 1 is 1.30 bits per heavy atom. The number of thioether (sulfide) groups is 1. The summed E-state index contributed by atoms with van der Waals surface area (Å²) in [5.74, 6) is 5.31. The number of halogens is 1. The normalized spacial score (nSPS) is 9.95. The summed E-state index contributed by atoms with van der Waals surface area (Å²) in [5.41, 5.74) is 2.12. The van der Waals surface area contributed by atoms with Crippen LogP contribution < -0.4 is 0 Å². The van der Waals surface area contributed by atoms with E-state index in [-0.39, 0.29) is 12.4 Å². The Morgan fingerprint density at radius 3 is 2.70 bits per heavy atom. The maximum absolute atomic E-state index is 13.9. The molecule has 2 aromatic rings. The van der Waals surface area contributed by atoms with Crippen LogP contribution in [0.2, 0.25) is 0 Å². The molecule has 0 aliphatic heterocycles. The van der Waals surface area contributed by atoms with Crippen LogP contribution in [0.15, 0.2) is 35.7 Å². The molecule has 0 saturated heterocycles. The topological polar surface area (TPSA) is 46.0 Å². The van der Waals surface area contributed by atoms with Crippen molar-refractivity contribution in [2.45, 2.75) is 17.8 Å². The number of hydrogen-bond donors (Lipinski definition) is 1. The third-order valence-corrected chi connectivity index (χ3v) is 3.40. The third-order valence-electron chi connectivity index (χ3n) is 2.48. The second-order valence-electron chi connectivity index (χ2n) is 4.10. The molecule has 20 heavy (non-hydrogen) atoms. The van der Waals surface area contributed by atoms with Gasteiger partial charge in [0, 0.05) is 23.7 Å². The highest BCUT2D eigenvalue weighted by Gasteiger charge is 2.05. The van der Waals surface area contributed by atoms with Gasteiger partial charge in [0.05, 0.1) is 0 Å². The Balaban J connectivity index is 2.04. The molecular formula is C15H13FN2OS. The van der Waals surface area contributed by atoms with Gasteiger partial charge < -0.3 is 5.11 Å². The van der Waals surface area contributed by atoms with Gasteiger partial charge in [-0.15, -0.1) is 0 Å². The fourth-order valence-electron chi connectivity index (χ4n) is 1.48. The molecule has 1 heterocycles. The maximum atomic E-state index is 13.9. The maximum Gasteiger partial charge on any atom is 0.187 e. The van der Waals surface area contributed by atoms with Gasteiger partial charge in [-0.2, -0.15) is 0 Å². The molecule has 3 nitrogen and oxygen atoms in total. The first kappa shape index (κ1) is 14.5. The number of hydrogen-bond acceptors (Lipinski definition) is 4. The van der Waals surface area contributed by atoms with Crippen molar-refractivity contribution in [3.8, 4) is 11.8 Å². The van der Waals surface area contributed by atoms with E-state index in [0.717, 1.165) is 5.56 Å². The van der Waals surface area contributed by atoms with Crippen molar-refractivity contribution < 1.29 is 9.50 Å². The molecule has 2 rings (SSSR count). The largest absolute Gasteiger partial charge is 0.384 e. The molecular weight excluding hydrogens is 275 g/mol. The van der Waals surface area contributed by atoms with Gasteiger partial charge in [-0.25, -0.2) is 14.4 Å². The highest BCUT2D eigenvalue weighted by molar-refractivity contribution is 7.98. The van der Waals surface area contributed by atoms with Crippen molar-refractivity contribution in [3.63, 3.8) is 0 Å². The zero-order valence-electron chi connectivity index (χ0n) is 10.9. The van der Waals surface area contributed by atoms with Gasteiger partial charge in [-0.1, -0.05) is 29.7 Å². The van der Waals surface area contributed by atoms with E-state index in [1.807, 2.05) is 6.92 Å². The van der Waals surface area contributed by atoms with E-state index < -0.39 is 0 Å². The monoisotopic (exact) mass is 288 g/mol. The second-order valence-corrected chi connectivity index (χ2v) is 5.04. The van der Waals surface area contributed by atoms with Gasteiger partial charge >= 0.3 is 0 Å². The SMILES string of the molecule is Cc1cnc(SCc2ccc(C#CCO)cc2F)nc1. The average Bonchev–Trinajstić information content (AvgIpc) is 2.46. The van der Waals surface area contributed by atoms with Crippen LogP contribution in [0.3, 0.4) is 0 Å². The molecule has 102 valence electrons. The van der Waals surface area contributed by atoms with Crippen LogP contribution in [-0.4, -0.2) is 21.7 Å². The smallest absolute Gasteiger partial charge is 0.187 e. The van der Waals surface area contributed by atoms with E-state index in [4.69, 9.17) is 5.11 Å². The average molecular weight is 288 g/mol. The molecule has 0 fully saturated rings. The number of benzene rings is 1. The molecule has 0 unspecified atom stereocenters. The van der Waals surface area contributed by atoms with Gasteiger partial charge in [0.15, 0.2) is 5.16 Å². The molecule has 5 heteroatoms. The van der Waals surface area contributed by atoms with E-state index in [1.54, 1.807) is 24.5 Å². The molecule has 0 aliphatic rings. The molecule has 0 radical (unpaired) electrons. The van der Waals surface area contributed by atoms with E-state index in [1.165, 1.54) is 17.8 Å². The van der Waals surface area contributed by atoms with Crippen LogP contribution in [0, 0.1) is 24.6 Å². The molecule has 0 atom stereocenters. The molecule has 1 N–H and O–H groups in total. The Hall–Kier alpha value is -1.90. The van der Waals surface area contributed by atoms with Crippen LogP contribution in [-0.2, 0) is 5.75 Å². The molecule has 0 bridgehead atoms. The number of aryl methyl sites for hydroxylation is 1. The quantitative estimate of drug-likeness (QED) is 0.535. The molecule has 0 spiro atoms. The summed E-state index contributed by atoms with van der Waals surface area (Å²) in [4.78, 5) is 8.32. The first-order chi connectivity index (χ1) is 9.69. The summed E-state index contributed by atoms with van der Waals surface area (Å²) in [6, 6.07) is 4.80. The lowest BCUT2D eigenvalue weighted by Gasteiger charge is -2.03. The Morgan fingerprint density at radius 2 is 2.05 bits per heavy atom. The van der Waals surface area contributed by atoms with Gasteiger partial charge in [-0.3, -0.25) is 0 Å². The van der Waals surface area contributed by atoms with E-state index in [2.05, 4.69) is 21.8 Å². The lowest BCUT2D eigenvalue weighted by molar-refractivity contribution is 0.350. The predicted octanol–water partition coefficient (Wildman–Crippen LogP) is 2.56. The highest BCUT2D eigenvalue weighted by Crippen LogP contribution is 2.21. The van der Waals surface area contributed by atoms with Crippen LogP contribution in [0.5, 0.6) is 0 Å². The summed E-state index contributed by atoms with van der Waals surface area (Å²) in [6.45, 7) is 1.68. The summed E-state index contributed by atoms with van der Waals surface area (Å²) in [5, 5.41) is 9.22. The predicted molar refractivity (Wildman–Crippen MR) is 76.7 cm³/mol. The Labute approximate surface area is 121 Å². The number of rotatable bonds is 3. The van der Waals surface area contributed by atoms with Gasteiger partial charge in [-0.05, 0) is 30.2 Å². The first-order valence-corrected chi connectivity index (χ1v) is 6.97. The van der Waals surface area contributed by atoms with E-state index in [0.29, 0.717) is 22.0 Å². The van der Waals surface area contributed by atoms with Crippen LogP contribution in [0.4, 0.5) is 4.39 Å². The third kappa shape index (κ3) is 4.05. The number of aliphatic hydroxyl groups is 1. The minimum atomic E-state index is -0.311. The number of nitrogens with zero attached hydrogens (tertiary/aromatic N) is 2. The van der Waals surface area contributed by atoms with Gasteiger partial charge in [0.1, 0.15) is 12.4 Å². The number of aliphatic hydroxyl groups excluding tert-OH is 1. The molecule has 0 aliphatic carbocycles. The highest BCUT2D eigenvalue weighted by atomic mass is 32.2. The van der Waals surface area contributed by atoms with Crippen molar-refractivity contribution in [3.05, 3.63) is 53.1 Å². The Kier molecular flexibility index (Phi) is 5.10. The molecule has 1 aromatic heterocycles. The standard InChI is InChI=1S/C15H13FN2OS/c1-11-8-17-15(18-9-11)20-10-13-5-4-12(3-2-6-19)7-14(13)16/h4-5,7-9,19H,6,10H2,1H3. The lowest BCUT2D eigenvalue weighted by atomic mass is 10.1. The first-order valence-electron chi connectivity index (χ1n) is 5.98. The van der Waals surface area contributed by atoms with Crippen molar-refractivity contribution in [1.29, 1.82) is 0 Å². The Bertz CT molecular complexity index is 647. The summed E-state index contributed by atoms with van der Waals surface area (Å²) in [7, 11) is 0.